The van der Waals surface area contributed by atoms with Crippen LogP contribution in [0.2, 0.25) is 0 Å². The molecule has 186 valence electrons. The first-order valence-electron chi connectivity index (χ1n) is 12.1. The molecule has 0 unspecified atom stereocenters. The minimum atomic E-state index is -0.303. The summed E-state index contributed by atoms with van der Waals surface area (Å²) in [5.41, 5.74) is 3.13. The van der Waals surface area contributed by atoms with E-state index >= 15 is 0 Å². The topological polar surface area (TPSA) is 119 Å². The third kappa shape index (κ3) is 4.49. The van der Waals surface area contributed by atoms with Crippen molar-refractivity contribution in [2.45, 2.75) is 32.3 Å². The van der Waals surface area contributed by atoms with Crippen LogP contribution in [-0.2, 0) is 13.7 Å². The molecule has 0 atom stereocenters. The highest BCUT2D eigenvalue weighted by molar-refractivity contribution is 6.06. The number of carbonyl (C=O) groups is 1. The van der Waals surface area contributed by atoms with E-state index in [1.165, 1.54) is 10.6 Å². The lowest BCUT2D eigenvalue weighted by molar-refractivity contribution is 0.102. The average Bonchev–Trinajstić information content (AvgIpc) is 3.55. The number of carbonyl (C=O) groups excluding carboxylic acids is 1. The first kappa shape index (κ1) is 22.7. The summed E-state index contributed by atoms with van der Waals surface area (Å²) in [7, 11) is 1.81. The second-order valence-corrected chi connectivity index (χ2v) is 9.20. The Morgan fingerprint density at radius 1 is 1.11 bits per heavy atom. The highest BCUT2D eigenvalue weighted by Gasteiger charge is 2.27. The Kier molecular flexibility index (Phi) is 5.56. The highest BCUT2D eigenvalue weighted by atomic mass is 16.5. The van der Waals surface area contributed by atoms with E-state index in [-0.39, 0.29) is 23.9 Å². The summed E-state index contributed by atoms with van der Waals surface area (Å²) >= 11 is 0. The number of anilines is 1. The summed E-state index contributed by atoms with van der Waals surface area (Å²) in [6.07, 6.45) is 2.27. The molecule has 0 saturated heterocycles. The molecule has 1 amide bonds. The maximum absolute atomic E-state index is 13.3. The number of amides is 1. The number of hydrogen-bond donors (Lipinski definition) is 2. The first-order chi connectivity index (χ1) is 18.0. The van der Waals surface area contributed by atoms with Crippen molar-refractivity contribution in [3.05, 3.63) is 93.5 Å². The number of aromatic amines is 1. The molecule has 10 heteroatoms. The molecule has 3 aromatic heterocycles. The minimum Gasteiger partial charge on any atom is -0.486 e. The van der Waals surface area contributed by atoms with E-state index in [2.05, 4.69) is 25.5 Å². The van der Waals surface area contributed by atoms with E-state index in [1.54, 1.807) is 10.7 Å². The summed E-state index contributed by atoms with van der Waals surface area (Å²) in [5, 5.41) is 10.5. The molecule has 37 heavy (non-hydrogen) atoms. The Balaban J connectivity index is 1.24. The van der Waals surface area contributed by atoms with Crippen LogP contribution in [0.15, 0.2) is 65.5 Å². The second kappa shape index (κ2) is 9.05. The van der Waals surface area contributed by atoms with Gasteiger partial charge in [0.1, 0.15) is 18.2 Å². The standard InChI is InChI=1S/C27H25N7O3/c1-16-7-6-10-21(24(16)26(36)29-22-14-20(17-11-12-17)31-33(22)2)37-15-19-13-23(35)34-27(28-19)30-25(32-34)18-8-4-3-5-9-18/h3-10,13-14,17H,11-12,15H2,1-2H3,(H,29,36)(H,28,30,32). The molecule has 0 aliphatic heterocycles. The first-order valence-corrected chi connectivity index (χ1v) is 12.1. The number of ether oxygens (including phenoxy) is 1. The van der Waals surface area contributed by atoms with E-state index in [0.717, 1.165) is 29.7 Å². The Labute approximate surface area is 211 Å². The zero-order chi connectivity index (χ0) is 25.5. The molecule has 2 aromatic carbocycles. The number of hydrogen-bond acceptors (Lipinski definition) is 6. The maximum atomic E-state index is 13.3. The van der Waals surface area contributed by atoms with Gasteiger partial charge < -0.3 is 10.1 Å². The Morgan fingerprint density at radius 3 is 2.70 bits per heavy atom. The van der Waals surface area contributed by atoms with Gasteiger partial charge in [0.2, 0.25) is 0 Å². The number of H-pyrrole nitrogens is 1. The molecule has 0 bridgehead atoms. The molecule has 5 aromatic rings. The van der Waals surface area contributed by atoms with Gasteiger partial charge in [0, 0.05) is 30.7 Å². The zero-order valence-corrected chi connectivity index (χ0v) is 20.4. The number of benzene rings is 2. The third-order valence-electron chi connectivity index (χ3n) is 6.40. The maximum Gasteiger partial charge on any atom is 0.274 e. The van der Waals surface area contributed by atoms with Crippen LogP contribution in [0.25, 0.3) is 17.2 Å². The minimum absolute atomic E-state index is 0.000538. The zero-order valence-electron chi connectivity index (χ0n) is 20.4. The molecule has 2 N–H and O–H groups in total. The van der Waals surface area contributed by atoms with Crippen molar-refractivity contribution in [3.8, 4) is 17.1 Å². The number of fused-ring (bicyclic) bond motifs is 1. The Morgan fingerprint density at radius 2 is 1.92 bits per heavy atom. The molecule has 1 aliphatic rings. The fourth-order valence-corrected chi connectivity index (χ4v) is 4.29. The van der Waals surface area contributed by atoms with Gasteiger partial charge in [-0.2, -0.15) is 14.6 Å². The summed E-state index contributed by atoms with van der Waals surface area (Å²) in [5.74, 6) is 2.02. The lowest BCUT2D eigenvalue weighted by Gasteiger charge is -2.14. The van der Waals surface area contributed by atoms with E-state index in [4.69, 9.17) is 4.74 Å². The van der Waals surface area contributed by atoms with Crippen LogP contribution in [-0.4, -0.2) is 35.3 Å². The fraction of sp³-hybridized carbons (Fsp3) is 0.222. The van der Waals surface area contributed by atoms with Crippen LogP contribution in [0.4, 0.5) is 5.82 Å². The summed E-state index contributed by atoms with van der Waals surface area (Å²) < 4.78 is 8.99. The van der Waals surface area contributed by atoms with Gasteiger partial charge in [0.05, 0.1) is 17.0 Å². The van der Waals surface area contributed by atoms with Crippen LogP contribution >= 0.6 is 0 Å². The van der Waals surface area contributed by atoms with Crippen molar-refractivity contribution in [2.75, 3.05) is 5.32 Å². The molecule has 6 rings (SSSR count). The van der Waals surface area contributed by atoms with E-state index in [1.807, 2.05) is 62.5 Å². The van der Waals surface area contributed by atoms with Crippen molar-refractivity contribution in [1.29, 1.82) is 0 Å². The molecule has 0 radical (unpaired) electrons. The van der Waals surface area contributed by atoms with Crippen molar-refractivity contribution >= 4 is 17.5 Å². The smallest absolute Gasteiger partial charge is 0.274 e. The molecule has 1 aliphatic carbocycles. The number of nitrogens with one attached hydrogen (secondary N) is 2. The summed E-state index contributed by atoms with van der Waals surface area (Å²) in [6.45, 7) is 1.85. The predicted molar refractivity (Wildman–Crippen MR) is 138 cm³/mol. The predicted octanol–water partition coefficient (Wildman–Crippen LogP) is 3.84. The summed E-state index contributed by atoms with van der Waals surface area (Å²) in [4.78, 5) is 34.9. The van der Waals surface area contributed by atoms with Crippen molar-refractivity contribution in [3.63, 3.8) is 0 Å². The number of aryl methyl sites for hydroxylation is 2. The van der Waals surface area contributed by atoms with E-state index in [9.17, 15) is 9.59 Å². The van der Waals surface area contributed by atoms with Gasteiger partial charge in [-0.25, -0.2) is 4.98 Å². The quantitative estimate of drug-likeness (QED) is 0.354. The van der Waals surface area contributed by atoms with Crippen molar-refractivity contribution < 1.29 is 9.53 Å². The van der Waals surface area contributed by atoms with Crippen LogP contribution in [0.5, 0.6) is 5.75 Å². The SMILES string of the molecule is Cc1cccc(OCc2cc(=O)n3[nH]c(-c4ccccc4)nc3n2)c1C(=O)Nc1cc(C2CC2)nn1C. The molecule has 0 spiro atoms. The molecule has 1 saturated carbocycles. The Hall–Kier alpha value is -4.73. The fourth-order valence-electron chi connectivity index (χ4n) is 4.29. The normalized spacial score (nSPS) is 13.1. The molecule has 3 heterocycles. The number of aromatic nitrogens is 6. The van der Waals surface area contributed by atoms with Gasteiger partial charge in [0.25, 0.3) is 17.2 Å². The lowest BCUT2D eigenvalue weighted by Crippen LogP contribution is -2.18. The van der Waals surface area contributed by atoms with Crippen LogP contribution in [0, 0.1) is 6.92 Å². The molecular weight excluding hydrogens is 470 g/mol. The number of rotatable bonds is 7. The molecule has 1 fully saturated rings. The largest absolute Gasteiger partial charge is 0.486 e. The molecule has 10 nitrogen and oxygen atoms in total. The van der Waals surface area contributed by atoms with Crippen LogP contribution < -0.4 is 15.6 Å². The highest BCUT2D eigenvalue weighted by Crippen LogP contribution is 2.40. The number of nitrogens with zero attached hydrogens (tertiary/aromatic N) is 5. The van der Waals surface area contributed by atoms with Gasteiger partial charge in [-0.05, 0) is 31.4 Å². The summed E-state index contributed by atoms with van der Waals surface area (Å²) in [6, 6.07) is 18.2. The van der Waals surface area contributed by atoms with Gasteiger partial charge in [-0.3, -0.25) is 19.4 Å². The van der Waals surface area contributed by atoms with Gasteiger partial charge in [0.15, 0.2) is 5.82 Å². The second-order valence-electron chi connectivity index (χ2n) is 9.20. The molecular formula is C27H25N7O3. The lowest BCUT2D eigenvalue weighted by atomic mass is 10.1. The van der Waals surface area contributed by atoms with E-state index in [0.29, 0.717) is 34.6 Å². The average molecular weight is 496 g/mol. The Bertz CT molecular complexity index is 1680. The van der Waals surface area contributed by atoms with Gasteiger partial charge >= 0.3 is 0 Å². The van der Waals surface area contributed by atoms with Crippen molar-refractivity contribution in [1.82, 2.24) is 29.4 Å². The van der Waals surface area contributed by atoms with Crippen molar-refractivity contribution in [2.24, 2.45) is 7.05 Å². The van der Waals surface area contributed by atoms with E-state index < -0.39 is 0 Å². The monoisotopic (exact) mass is 495 g/mol. The van der Waals surface area contributed by atoms with Gasteiger partial charge in [-0.1, -0.05) is 42.5 Å². The van der Waals surface area contributed by atoms with Gasteiger partial charge in [-0.15, -0.1) is 0 Å². The van der Waals surface area contributed by atoms with Crippen LogP contribution in [0.1, 0.15) is 46.1 Å². The van der Waals surface area contributed by atoms with Crippen LogP contribution in [0.3, 0.4) is 0 Å². The third-order valence-corrected chi connectivity index (χ3v) is 6.40.